The third-order valence-electron chi connectivity index (χ3n) is 9.81. The Labute approximate surface area is 257 Å². The number of benzene rings is 8. The first-order valence-electron chi connectivity index (χ1n) is 15.5. The number of anilines is 3. The maximum absolute atomic E-state index is 2.46. The van der Waals surface area contributed by atoms with Crippen molar-refractivity contribution in [3.63, 3.8) is 0 Å². The minimum atomic E-state index is -0.0764. The number of para-hydroxylation sites is 1. The van der Waals surface area contributed by atoms with Crippen LogP contribution >= 0.6 is 0 Å². The normalized spacial score (nSPS) is 13.4. The van der Waals surface area contributed by atoms with E-state index in [0.717, 1.165) is 5.69 Å². The van der Waals surface area contributed by atoms with E-state index in [0.29, 0.717) is 0 Å². The zero-order valence-corrected chi connectivity index (χ0v) is 24.9. The first-order chi connectivity index (χ1) is 21.6. The Hall–Kier alpha value is -5.40. The molecule has 0 aliphatic heterocycles. The smallest absolute Gasteiger partial charge is 0.0546 e. The van der Waals surface area contributed by atoms with Crippen molar-refractivity contribution in [1.82, 2.24) is 0 Å². The van der Waals surface area contributed by atoms with Gasteiger partial charge in [-0.05, 0) is 90.3 Å². The first-order valence-corrected chi connectivity index (χ1v) is 15.5. The van der Waals surface area contributed by atoms with Crippen molar-refractivity contribution < 1.29 is 0 Å². The molecule has 8 aromatic rings. The summed E-state index contributed by atoms with van der Waals surface area (Å²) in [6, 6.07) is 56.0. The van der Waals surface area contributed by atoms with Crippen molar-refractivity contribution in [2.75, 3.05) is 4.90 Å². The van der Waals surface area contributed by atoms with E-state index >= 15 is 0 Å². The Morgan fingerprint density at radius 2 is 1.07 bits per heavy atom. The molecule has 1 aliphatic carbocycles. The standard InChI is InChI=1S/C43H31N/c1-43(2)38-17-9-8-16-35(38)36-26-23-32(27-39(36)43)44(31-13-4-3-5-14-31)40-18-10-12-29-19-20-30-22-24-34-33-15-7-6-11-28(33)21-25-37(34)41(30)42(29)40/h3-27H,1-2H3. The lowest BCUT2D eigenvalue weighted by atomic mass is 9.82. The van der Waals surface area contributed by atoms with Gasteiger partial charge in [-0.15, -0.1) is 0 Å². The van der Waals surface area contributed by atoms with Crippen LogP contribution in [0.15, 0.2) is 152 Å². The van der Waals surface area contributed by atoms with Gasteiger partial charge in [-0.2, -0.15) is 0 Å². The molecule has 0 radical (unpaired) electrons. The second-order valence-corrected chi connectivity index (χ2v) is 12.6. The van der Waals surface area contributed by atoms with Gasteiger partial charge < -0.3 is 4.90 Å². The Kier molecular flexibility index (Phi) is 5.31. The second kappa shape index (κ2) is 9.30. The van der Waals surface area contributed by atoms with Gasteiger partial charge >= 0.3 is 0 Å². The number of hydrogen-bond acceptors (Lipinski definition) is 1. The fourth-order valence-electron chi connectivity index (χ4n) is 7.69. The third kappa shape index (κ3) is 3.53. The average molecular weight is 562 g/mol. The fraction of sp³-hybridized carbons (Fsp3) is 0.0698. The van der Waals surface area contributed by atoms with Gasteiger partial charge in [0.1, 0.15) is 0 Å². The van der Waals surface area contributed by atoms with Crippen molar-refractivity contribution in [1.29, 1.82) is 0 Å². The summed E-state index contributed by atoms with van der Waals surface area (Å²) in [6.07, 6.45) is 0. The van der Waals surface area contributed by atoms with Crippen LogP contribution in [0.1, 0.15) is 25.0 Å². The van der Waals surface area contributed by atoms with E-state index in [1.807, 2.05) is 0 Å². The summed E-state index contributed by atoms with van der Waals surface area (Å²) in [5, 5.41) is 10.2. The monoisotopic (exact) mass is 561 g/mol. The van der Waals surface area contributed by atoms with Crippen LogP contribution in [0, 0.1) is 0 Å². The molecule has 1 aliphatic rings. The number of rotatable bonds is 3. The van der Waals surface area contributed by atoms with Crippen molar-refractivity contribution in [3.05, 3.63) is 163 Å². The van der Waals surface area contributed by atoms with Crippen LogP contribution in [0.5, 0.6) is 0 Å². The van der Waals surface area contributed by atoms with E-state index in [2.05, 4.69) is 170 Å². The molecule has 0 heterocycles. The quantitative estimate of drug-likeness (QED) is 0.194. The largest absolute Gasteiger partial charge is 0.310 e. The van der Waals surface area contributed by atoms with E-state index in [-0.39, 0.29) is 5.41 Å². The van der Waals surface area contributed by atoms with Crippen LogP contribution in [0.4, 0.5) is 17.1 Å². The number of fused-ring (bicyclic) bond motifs is 10. The minimum absolute atomic E-state index is 0.0764. The summed E-state index contributed by atoms with van der Waals surface area (Å²) in [7, 11) is 0. The van der Waals surface area contributed by atoms with Crippen LogP contribution < -0.4 is 4.90 Å². The molecule has 0 saturated carbocycles. The highest BCUT2D eigenvalue weighted by atomic mass is 15.1. The Morgan fingerprint density at radius 3 is 1.95 bits per heavy atom. The average Bonchev–Trinajstić information content (AvgIpc) is 3.30. The lowest BCUT2D eigenvalue weighted by Crippen LogP contribution is -2.16. The van der Waals surface area contributed by atoms with E-state index in [1.165, 1.54) is 76.7 Å². The van der Waals surface area contributed by atoms with Crippen LogP contribution in [0.25, 0.3) is 54.2 Å². The van der Waals surface area contributed by atoms with E-state index < -0.39 is 0 Å². The van der Waals surface area contributed by atoms with Gasteiger partial charge in [-0.3, -0.25) is 0 Å². The Balaban J connectivity index is 1.37. The summed E-state index contributed by atoms with van der Waals surface area (Å²) >= 11 is 0. The van der Waals surface area contributed by atoms with Crippen LogP contribution in [0.3, 0.4) is 0 Å². The zero-order valence-electron chi connectivity index (χ0n) is 24.9. The molecule has 0 fully saturated rings. The van der Waals surface area contributed by atoms with Gasteiger partial charge in [-0.1, -0.05) is 135 Å². The lowest BCUT2D eigenvalue weighted by molar-refractivity contribution is 0.660. The summed E-state index contributed by atoms with van der Waals surface area (Å²) < 4.78 is 0. The molecule has 1 nitrogen and oxygen atoms in total. The second-order valence-electron chi connectivity index (χ2n) is 12.6. The topological polar surface area (TPSA) is 3.24 Å². The van der Waals surface area contributed by atoms with Gasteiger partial charge in [0.25, 0.3) is 0 Å². The molecule has 0 spiro atoms. The maximum atomic E-state index is 2.46. The lowest BCUT2D eigenvalue weighted by Gasteiger charge is -2.29. The van der Waals surface area contributed by atoms with E-state index in [9.17, 15) is 0 Å². The molecule has 0 atom stereocenters. The van der Waals surface area contributed by atoms with Gasteiger partial charge in [-0.25, -0.2) is 0 Å². The van der Waals surface area contributed by atoms with Crippen molar-refractivity contribution in [2.24, 2.45) is 0 Å². The highest BCUT2D eigenvalue weighted by Gasteiger charge is 2.35. The summed E-state index contributed by atoms with van der Waals surface area (Å²) in [5.74, 6) is 0. The molecular weight excluding hydrogens is 530 g/mol. The predicted molar refractivity (Wildman–Crippen MR) is 189 cm³/mol. The summed E-state index contributed by atoms with van der Waals surface area (Å²) in [5.41, 5.74) is 8.89. The molecule has 0 saturated heterocycles. The molecule has 0 N–H and O–H groups in total. The molecule has 1 heteroatoms. The van der Waals surface area contributed by atoms with Crippen molar-refractivity contribution in [3.8, 4) is 11.1 Å². The van der Waals surface area contributed by atoms with E-state index in [4.69, 9.17) is 0 Å². The van der Waals surface area contributed by atoms with Crippen LogP contribution in [-0.2, 0) is 5.41 Å². The Morgan fingerprint density at radius 1 is 0.409 bits per heavy atom. The van der Waals surface area contributed by atoms with Crippen LogP contribution in [-0.4, -0.2) is 0 Å². The highest BCUT2D eigenvalue weighted by Crippen LogP contribution is 2.51. The molecule has 8 aromatic carbocycles. The van der Waals surface area contributed by atoms with Crippen LogP contribution in [0.2, 0.25) is 0 Å². The maximum Gasteiger partial charge on any atom is 0.0546 e. The first kappa shape index (κ1) is 25.1. The molecule has 0 amide bonds. The molecule has 0 bridgehead atoms. The molecule has 44 heavy (non-hydrogen) atoms. The predicted octanol–water partition coefficient (Wildman–Crippen LogP) is 12.1. The van der Waals surface area contributed by atoms with Crippen molar-refractivity contribution in [2.45, 2.75) is 19.3 Å². The SMILES string of the molecule is CC1(C)c2ccccc2-c2ccc(N(c3ccccc3)c3cccc4ccc5ccc6c7ccccc7ccc6c5c34)cc21. The zero-order chi connectivity index (χ0) is 29.4. The van der Waals surface area contributed by atoms with Gasteiger partial charge in [0.05, 0.1) is 5.69 Å². The molecule has 0 unspecified atom stereocenters. The van der Waals surface area contributed by atoms with Crippen molar-refractivity contribution >= 4 is 60.2 Å². The summed E-state index contributed by atoms with van der Waals surface area (Å²) in [4.78, 5) is 2.46. The molecule has 9 rings (SSSR count). The third-order valence-corrected chi connectivity index (χ3v) is 9.81. The molecule has 0 aromatic heterocycles. The number of hydrogen-bond donors (Lipinski definition) is 0. The Bertz CT molecular complexity index is 2420. The molecular formula is C43H31N. The highest BCUT2D eigenvalue weighted by molar-refractivity contribution is 6.27. The fourth-order valence-corrected chi connectivity index (χ4v) is 7.69. The molecule has 208 valence electrons. The van der Waals surface area contributed by atoms with Gasteiger partial charge in [0.15, 0.2) is 0 Å². The van der Waals surface area contributed by atoms with E-state index in [1.54, 1.807) is 0 Å². The summed E-state index contributed by atoms with van der Waals surface area (Å²) in [6.45, 7) is 4.71. The number of nitrogens with zero attached hydrogens (tertiary/aromatic N) is 1. The minimum Gasteiger partial charge on any atom is -0.310 e. The van der Waals surface area contributed by atoms with Gasteiger partial charge in [0.2, 0.25) is 0 Å². The van der Waals surface area contributed by atoms with Gasteiger partial charge in [0, 0.05) is 22.2 Å².